The van der Waals surface area contributed by atoms with Crippen LogP contribution in [0.1, 0.15) is 37.8 Å². The van der Waals surface area contributed by atoms with E-state index in [1.54, 1.807) is 12.3 Å². The van der Waals surface area contributed by atoms with E-state index in [1.807, 2.05) is 11.6 Å². The van der Waals surface area contributed by atoms with E-state index in [0.717, 1.165) is 31.5 Å². The summed E-state index contributed by atoms with van der Waals surface area (Å²) in [5.74, 6) is 0. The topological polar surface area (TPSA) is 63.1 Å². The van der Waals surface area contributed by atoms with Crippen LogP contribution in [0.3, 0.4) is 0 Å². The number of aryl methyl sites for hydroxylation is 1. The molecule has 0 spiro atoms. The van der Waals surface area contributed by atoms with E-state index in [9.17, 15) is 8.42 Å². The lowest BCUT2D eigenvalue weighted by atomic mass is 9.94. The molecule has 0 amide bonds. The fourth-order valence-corrected chi connectivity index (χ4v) is 3.65. The first kappa shape index (κ1) is 13.1. The van der Waals surface area contributed by atoms with Gasteiger partial charge in [-0.05, 0) is 31.7 Å². The van der Waals surface area contributed by atoms with Crippen LogP contribution >= 0.6 is 0 Å². The molecule has 0 atom stereocenters. The van der Waals surface area contributed by atoms with Crippen LogP contribution in [-0.4, -0.2) is 25.1 Å². The molecule has 0 radical (unpaired) electrons. The van der Waals surface area contributed by atoms with Crippen LogP contribution in [0.25, 0.3) is 0 Å². The van der Waals surface area contributed by atoms with Crippen LogP contribution in [0, 0.1) is 0 Å². The molecule has 1 heterocycles. The molecule has 19 heavy (non-hydrogen) atoms. The molecule has 2 fully saturated rings. The van der Waals surface area contributed by atoms with Crippen molar-refractivity contribution in [3.8, 4) is 0 Å². The monoisotopic (exact) mass is 283 g/mol. The van der Waals surface area contributed by atoms with E-state index >= 15 is 0 Å². The normalized spacial score (nSPS) is 20.5. The first-order chi connectivity index (χ1) is 9.04. The van der Waals surface area contributed by atoms with Gasteiger partial charge in [-0.1, -0.05) is 6.42 Å². The summed E-state index contributed by atoms with van der Waals surface area (Å²) in [5, 5.41) is 3.41. The van der Waals surface area contributed by atoms with Crippen molar-refractivity contribution in [2.24, 2.45) is 7.05 Å². The van der Waals surface area contributed by atoms with E-state index in [1.165, 1.54) is 12.8 Å². The van der Waals surface area contributed by atoms with Crippen molar-refractivity contribution in [2.75, 3.05) is 0 Å². The smallest absolute Gasteiger partial charge is 0.242 e. The molecular weight excluding hydrogens is 262 g/mol. The van der Waals surface area contributed by atoms with Crippen LogP contribution in [0.4, 0.5) is 0 Å². The Balaban J connectivity index is 1.70. The Morgan fingerprint density at radius 2 is 2.00 bits per heavy atom. The van der Waals surface area contributed by atoms with E-state index in [-0.39, 0.29) is 6.04 Å². The van der Waals surface area contributed by atoms with E-state index in [2.05, 4.69) is 10.0 Å². The van der Waals surface area contributed by atoms with Crippen molar-refractivity contribution in [1.29, 1.82) is 0 Å². The highest BCUT2D eigenvalue weighted by Crippen LogP contribution is 2.23. The summed E-state index contributed by atoms with van der Waals surface area (Å²) in [6.45, 7) is 0.736. The third-order valence-electron chi connectivity index (χ3n) is 3.97. The van der Waals surface area contributed by atoms with Gasteiger partial charge in [-0.25, -0.2) is 13.1 Å². The Hall–Kier alpha value is -0.850. The van der Waals surface area contributed by atoms with Crippen molar-refractivity contribution in [1.82, 2.24) is 14.6 Å². The van der Waals surface area contributed by atoms with Gasteiger partial charge in [-0.3, -0.25) is 0 Å². The Kier molecular flexibility index (Phi) is 3.41. The van der Waals surface area contributed by atoms with Crippen molar-refractivity contribution in [3.05, 3.63) is 18.0 Å². The molecule has 0 aliphatic heterocycles. The Morgan fingerprint density at radius 1 is 1.26 bits per heavy atom. The number of nitrogens with one attached hydrogen (secondary N) is 2. The van der Waals surface area contributed by atoms with E-state index in [0.29, 0.717) is 10.9 Å². The summed E-state index contributed by atoms with van der Waals surface area (Å²) in [4.78, 5) is 0.384. The predicted molar refractivity (Wildman–Crippen MR) is 73.2 cm³/mol. The maximum Gasteiger partial charge on any atom is 0.242 e. The molecule has 1 aromatic rings. The molecule has 2 aliphatic rings. The van der Waals surface area contributed by atoms with Gasteiger partial charge in [0.2, 0.25) is 10.0 Å². The summed E-state index contributed by atoms with van der Waals surface area (Å²) < 4.78 is 29.1. The highest BCUT2D eigenvalue weighted by atomic mass is 32.2. The number of nitrogens with zero attached hydrogens (tertiary/aromatic N) is 1. The van der Waals surface area contributed by atoms with Crippen molar-refractivity contribution < 1.29 is 8.42 Å². The summed E-state index contributed by atoms with van der Waals surface area (Å²) in [7, 11) is -1.45. The molecular formula is C13H21N3O2S. The zero-order valence-electron chi connectivity index (χ0n) is 11.2. The van der Waals surface area contributed by atoms with Gasteiger partial charge in [0.1, 0.15) is 0 Å². The van der Waals surface area contributed by atoms with Crippen LogP contribution in [0.5, 0.6) is 0 Å². The number of hydrogen-bond acceptors (Lipinski definition) is 3. The Bertz CT molecular complexity index is 556. The van der Waals surface area contributed by atoms with Gasteiger partial charge in [-0.15, -0.1) is 0 Å². The molecule has 6 heteroatoms. The fraction of sp³-hybridized carbons (Fsp3) is 0.692. The second kappa shape index (κ2) is 4.92. The summed E-state index contributed by atoms with van der Waals surface area (Å²) in [6, 6.07) is 2.54. The van der Waals surface area contributed by atoms with Gasteiger partial charge in [0.15, 0.2) is 0 Å². The molecule has 2 N–H and O–H groups in total. The molecule has 0 saturated heterocycles. The standard InChI is InChI=1S/C13H21N3O2S/c1-16-9-13(7-12(16)8-14-10-5-6-10)19(17,18)15-11-3-2-4-11/h7,9-11,14-15H,2-6,8H2,1H3. The minimum absolute atomic E-state index is 0.137. The first-order valence-electron chi connectivity index (χ1n) is 6.95. The van der Waals surface area contributed by atoms with Crippen LogP contribution < -0.4 is 10.0 Å². The third kappa shape index (κ3) is 3.01. The minimum Gasteiger partial charge on any atom is -0.352 e. The van der Waals surface area contributed by atoms with Crippen LogP contribution in [0.2, 0.25) is 0 Å². The van der Waals surface area contributed by atoms with Crippen LogP contribution in [-0.2, 0) is 23.6 Å². The van der Waals surface area contributed by atoms with E-state index < -0.39 is 10.0 Å². The lowest BCUT2D eigenvalue weighted by molar-refractivity contribution is 0.383. The molecule has 0 aromatic carbocycles. The number of hydrogen-bond donors (Lipinski definition) is 2. The van der Waals surface area contributed by atoms with Crippen molar-refractivity contribution in [3.63, 3.8) is 0 Å². The Labute approximate surface area is 114 Å². The molecule has 3 rings (SSSR count). The molecule has 0 unspecified atom stereocenters. The quantitative estimate of drug-likeness (QED) is 0.822. The maximum absolute atomic E-state index is 12.2. The zero-order chi connectivity index (χ0) is 13.5. The van der Waals surface area contributed by atoms with Gasteiger partial charge in [0.05, 0.1) is 4.90 Å². The lowest BCUT2D eigenvalue weighted by Gasteiger charge is -2.25. The minimum atomic E-state index is -3.34. The van der Waals surface area contributed by atoms with Crippen molar-refractivity contribution >= 4 is 10.0 Å². The largest absolute Gasteiger partial charge is 0.352 e. The van der Waals surface area contributed by atoms with Crippen molar-refractivity contribution in [2.45, 2.75) is 55.6 Å². The number of sulfonamides is 1. The predicted octanol–water partition coefficient (Wildman–Crippen LogP) is 1.11. The molecule has 2 aliphatic carbocycles. The van der Waals surface area contributed by atoms with Gasteiger partial charge < -0.3 is 9.88 Å². The fourth-order valence-electron chi connectivity index (χ4n) is 2.25. The average Bonchev–Trinajstić information content (AvgIpc) is 3.05. The SMILES string of the molecule is Cn1cc(S(=O)(=O)NC2CCC2)cc1CNC1CC1. The molecule has 2 saturated carbocycles. The maximum atomic E-state index is 12.2. The van der Waals surface area contributed by atoms with Gasteiger partial charge >= 0.3 is 0 Å². The average molecular weight is 283 g/mol. The van der Waals surface area contributed by atoms with Gasteiger partial charge in [0, 0.05) is 37.6 Å². The molecule has 106 valence electrons. The highest BCUT2D eigenvalue weighted by Gasteiger charge is 2.26. The zero-order valence-corrected chi connectivity index (χ0v) is 12.0. The lowest BCUT2D eigenvalue weighted by Crippen LogP contribution is -2.39. The van der Waals surface area contributed by atoms with Crippen LogP contribution in [0.15, 0.2) is 17.2 Å². The van der Waals surface area contributed by atoms with E-state index in [4.69, 9.17) is 0 Å². The first-order valence-corrected chi connectivity index (χ1v) is 8.44. The second-order valence-corrected chi connectivity index (χ2v) is 7.40. The molecule has 1 aromatic heterocycles. The number of aromatic nitrogens is 1. The summed E-state index contributed by atoms with van der Waals surface area (Å²) in [5.41, 5.74) is 1.01. The second-order valence-electron chi connectivity index (χ2n) is 5.68. The third-order valence-corrected chi connectivity index (χ3v) is 5.46. The summed E-state index contributed by atoms with van der Waals surface area (Å²) >= 11 is 0. The van der Waals surface area contributed by atoms with Gasteiger partial charge in [0.25, 0.3) is 0 Å². The Morgan fingerprint density at radius 3 is 2.58 bits per heavy atom. The number of rotatable bonds is 6. The van der Waals surface area contributed by atoms with Gasteiger partial charge in [-0.2, -0.15) is 0 Å². The molecule has 0 bridgehead atoms. The summed E-state index contributed by atoms with van der Waals surface area (Å²) in [6.07, 6.45) is 7.21. The highest BCUT2D eigenvalue weighted by molar-refractivity contribution is 7.89. The molecule has 5 nitrogen and oxygen atoms in total.